The van der Waals surface area contributed by atoms with Gasteiger partial charge in [-0.15, -0.1) is 11.3 Å². The van der Waals surface area contributed by atoms with Crippen LogP contribution in [0.5, 0.6) is 0 Å². The van der Waals surface area contributed by atoms with Crippen LogP contribution >= 0.6 is 11.3 Å². The Bertz CT molecular complexity index is 451. The zero-order valence-corrected chi connectivity index (χ0v) is 12.3. The quantitative estimate of drug-likeness (QED) is 0.852. The molecule has 0 saturated heterocycles. The van der Waals surface area contributed by atoms with Crippen molar-refractivity contribution in [1.29, 1.82) is 0 Å². The highest BCUT2D eigenvalue weighted by atomic mass is 32.1. The second kappa shape index (κ2) is 5.41. The average Bonchev–Trinajstić information content (AvgIpc) is 2.63. The van der Waals surface area contributed by atoms with Gasteiger partial charge in [0.1, 0.15) is 0 Å². The van der Waals surface area contributed by atoms with Gasteiger partial charge in [-0.05, 0) is 24.9 Å². The molecule has 0 saturated carbocycles. The number of nitrogen functional groups attached to an aromatic ring is 1. The molecular weight excluding hydrogens is 244 g/mol. The van der Waals surface area contributed by atoms with E-state index in [1.54, 1.807) is 11.3 Å². The zero-order valence-electron chi connectivity index (χ0n) is 11.5. The molecule has 0 radical (unpaired) electrons. The molecule has 1 aliphatic heterocycles. The Hall–Kier alpha value is -0.870. The summed E-state index contributed by atoms with van der Waals surface area (Å²) in [5, 5.41) is 0.719. The van der Waals surface area contributed by atoms with Gasteiger partial charge in [0.05, 0.1) is 10.6 Å². The highest BCUT2D eigenvalue weighted by Gasteiger charge is 2.27. The van der Waals surface area contributed by atoms with Gasteiger partial charge in [-0.3, -0.25) is 9.69 Å². The van der Waals surface area contributed by atoms with Crippen molar-refractivity contribution in [3.8, 4) is 0 Å². The van der Waals surface area contributed by atoms with Gasteiger partial charge in [-0.2, -0.15) is 0 Å². The van der Waals surface area contributed by atoms with E-state index in [0.29, 0.717) is 0 Å². The van der Waals surface area contributed by atoms with Crippen LogP contribution in [-0.4, -0.2) is 23.8 Å². The maximum Gasteiger partial charge on any atom is 0.168 e. The molecule has 2 N–H and O–H groups in total. The summed E-state index contributed by atoms with van der Waals surface area (Å²) in [4.78, 5) is 16.0. The normalized spacial score (nSPS) is 16.0. The van der Waals surface area contributed by atoms with Gasteiger partial charge >= 0.3 is 0 Å². The van der Waals surface area contributed by atoms with E-state index in [2.05, 4.69) is 11.8 Å². The van der Waals surface area contributed by atoms with Gasteiger partial charge in [0.25, 0.3) is 0 Å². The van der Waals surface area contributed by atoms with Crippen LogP contribution in [0.2, 0.25) is 0 Å². The zero-order chi connectivity index (χ0) is 13.3. The molecule has 18 heavy (non-hydrogen) atoms. The molecule has 0 aromatic carbocycles. The molecule has 4 heteroatoms. The Morgan fingerprint density at radius 2 is 2.22 bits per heavy atom. The monoisotopic (exact) mass is 266 g/mol. The van der Waals surface area contributed by atoms with Gasteiger partial charge in [-0.25, -0.2) is 0 Å². The van der Waals surface area contributed by atoms with Crippen molar-refractivity contribution in [1.82, 2.24) is 4.90 Å². The number of fused-ring (bicyclic) bond motifs is 1. The highest BCUT2D eigenvalue weighted by molar-refractivity contribution is 7.16. The maximum absolute atomic E-state index is 12.2. The summed E-state index contributed by atoms with van der Waals surface area (Å²) in [6, 6.07) is 0. The molecule has 2 rings (SSSR count). The van der Waals surface area contributed by atoms with Crippen molar-refractivity contribution in [2.45, 2.75) is 40.2 Å². The number of nitrogens with two attached hydrogens (primary N) is 1. The Morgan fingerprint density at radius 3 is 2.83 bits per heavy atom. The Kier molecular flexibility index (Phi) is 4.07. The number of carbonyl (C=O) groups excluding carboxylic acids is 1. The number of Topliss-reactive ketones (excluding diaryl/α,β-unsaturated/α-hetero) is 1. The largest absolute Gasteiger partial charge is 0.390 e. The third kappa shape index (κ3) is 2.45. The van der Waals surface area contributed by atoms with E-state index in [4.69, 9.17) is 5.73 Å². The second-order valence-corrected chi connectivity index (χ2v) is 6.42. The number of anilines is 1. The van der Waals surface area contributed by atoms with Crippen molar-refractivity contribution >= 4 is 22.1 Å². The topological polar surface area (TPSA) is 46.3 Å². The first-order valence-corrected chi connectivity index (χ1v) is 7.52. The number of carbonyl (C=O) groups is 1. The van der Waals surface area contributed by atoms with E-state index in [1.807, 2.05) is 13.8 Å². The first-order chi connectivity index (χ1) is 8.54. The van der Waals surface area contributed by atoms with Crippen LogP contribution in [0, 0.1) is 5.92 Å². The van der Waals surface area contributed by atoms with Crippen molar-refractivity contribution in [3.63, 3.8) is 0 Å². The lowest BCUT2D eigenvalue weighted by molar-refractivity contribution is 0.0939. The molecule has 0 spiro atoms. The third-order valence-corrected chi connectivity index (χ3v) is 4.52. The van der Waals surface area contributed by atoms with Gasteiger partial charge in [0.15, 0.2) is 5.78 Å². The molecular formula is C14H22N2OS. The lowest BCUT2D eigenvalue weighted by Gasteiger charge is -2.26. The predicted molar refractivity (Wildman–Crippen MR) is 77.2 cm³/mol. The second-order valence-electron chi connectivity index (χ2n) is 5.29. The smallest absolute Gasteiger partial charge is 0.168 e. The Morgan fingerprint density at radius 1 is 1.50 bits per heavy atom. The molecule has 2 heterocycles. The third-order valence-electron chi connectivity index (χ3n) is 3.47. The number of hydrogen-bond donors (Lipinski definition) is 1. The fraction of sp³-hybridized carbons (Fsp3) is 0.643. The summed E-state index contributed by atoms with van der Waals surface area (Å²) in [5.74, 6) is 0.230. The van der Waals surface area contributed by atoms with Gasteiger partial charge in [-0.1, -0.05) is 20.8 Å². The molecule has 0 fully saturated rings. The lowest BCUT2D eigenvalue weighted by atomic mass is 9.95. The van der Waals surface area contributed by atoms with Crippen molar-refractivity contribution in [3.05, 3.63) is 16.0 Å². The summed E-state index contributed by atoms with van der Waals surface area (Å²) >= 11 is 1.61. The molecule has 3 nitrogen and oxygen atoms in total. The summed E-state index contributed by atoms with van der Waals surface area (Å²) in [5.41, 5.74) is 8.10. The van der Waals surface area contributed by atoms with E-state index in [1.165, 1.54) is 16.9 Å². The highest BCUT2D eigenvalue weighted by Crippen LogP contribution is 2.36. The molecule has 0 amide bonds. The van der Waals surface area contributed by atoms with E-state index in [9.17, 15) is 4.79 Å². The summed E-state index contributed by atoms with van der Waals surface area (Å²) < 4.78 is 0. The minimum Gasteiger partial charge on any atom is -0.390 e. The standard InChI is InChI=1S/C14H22N2OS/c1-4-6-16-7-5-10-11(8-16)18-14(15)12(10)13(17)9(2)3/h9H,4-8,15H2,1-3H3. The molecule has 0 bridgehead atoms. The van der Waals surface area contributed by atoms with E-state index in [0.717, 1.165) is 36.6 Å². The number of hydrogen-bond acceptors (Lipinski definition) is 4. The van der Waals surface area contributed by atoms with Gasteiger partial charge in [0.2, 0.25) is 0 Å². The van der Waals surface area contributed by atoms with E-state index < -0.39 is 0 Å². The minimum atomic E-state index is 0.0275. The van der Waals surface area contributed by atoms with Crippen LogP contribution in [-0.2, 0) is 13.0 Å². The average molecular weight is 266 g/mol. The summed E-state index contributed by atoms with van der Waals surface area (Å²) in [6.45, 7) is 9.23. The van der Waals surface area contributed by atoms with Crippen molar-refractivity contribution in [2.24, 2.45) is 5.92 Å². The van der Waals surface area contributed by atoms with E-state index in [-0.39, 0.29) is 11.7 Å². The van der Waals surface area contributed by atoms with Crippen LogP contribution < -0.4 is 5.73 Å². The molecule has 0 aliphatic carbocycles. The first-order valence-electron chi connectivity index (χ1n) is 6.71. The number of nitrogens with zero attached hydrogens (tertiary/aromatic N) is 1. The fourth-order valence-corrected chi connectivity index (χ4v) is 3.71. The van der Waals surface area contributed by atoms with Gasteiger partial charge in [0, 0.05) is 23.9 Å². The Labute approximate surface area is 113 Å². The number of thiophene rings is 1. The predicted octanol–water partition coefficient (Wildman–Crippen LogP) is 2.94. The molecule has 0 unspecified atom stereocenters. The first kappa shape index (κ1) is 13.6. The van der Waals surface area contributed by atoms with Crippen LogP contribution in [0.15, 0.2) is 0 Å². The van der Waals surface area contributed by atoms with Crippen LogP contribution in [0.1, 0.15) is 48.0 Å². The lowest BCUT2D eigenvalue weighted by Crippen LogP contribution is -2.31. The minimum absolute atomic E-state index is 0.0275. The fourth-order valence-electron chi connectivity index (χ4n) is 2.54. The molecule has 100 valence electrons. The number of rotatable bonds is 4. The van der Waals surface area contributed by atoms with Crippen LogP contribution in [0.25, 0.3) is 0 Å². The van der Waals surface area contributed by atoms with Crippen LogP contribution in [0.3, 0.4) is 0 Å². The molecule has 1 aliphatic rings. The van der Waals surface area contributed by atoms with Crippen molar-refractivity contribution in [2.75, 3.05) is 18.8 Å². The Balaban J connectivity index is 2.29. The summed E-state index contributed by atoms with van der Waals surface area (Å²) in [6.07, 6.45) is 2.14. The SMILES string of the molecule is CCCN1CCc2c(sc(N)c2C(=O)C(C)C)C1. The molecule has 0 atom stereocenters. The number of ketones is 1. The van der Waals surface area contributed by atoms with Crippen LogP contribution in [0.4, 0.5) is 5.00 Å². The van der Waals surface area contributed by atoms with Crippen molar-refractivity contribution < 1.29 is 4.79 Å². The maximum atomic E-state index is 12.2. The molecule has 1 aromatic heterocycles. The summed E-state index contributed by atoms with van der Waals surface area (Å²) in [7, 11) is 0. The van der Waals surface area contributed by atoms with Gasteiger partial charge < -0.3 is 5.73 Å². The molecule has 1 aromatic rings. The van der Waals surface area contributed by atoms with E-state index >= 15 is 0 Å².